The number of tetrazole rings is 1. The molecule has 2 aromatic carbocycles. The van der Waals surface area contributed by atoms with Crippen LogP contribution in [0.15, 0.2) is 58.2 Å². The van der Waals surface area contributed by atoms with E-state index in [2.05, 4.69) is 47.1 Å². The normalized spacial score (nSPS) is 10.9. The van der Waals surface area contributed by atoms with E-state index in [0.29, 0.717) is 16.5 Å². The molecule has 0 atom stereocenters. The van der Waals surface area contributed by atoms with E-state index in [1.165, 1.54) is 11.8 Å². The van der Waals surface area contributed by atoms with Gasteiger partial charge < -0.3 is 5.32 Å². The maximum Gasteiger partial charge on any atom is 0.278 e. The van der Waals surface area contributed by atoms with Crippen LogP contribution >= 0.6 is 27.7 Å². The van der Waals surface area contributed by atoms with Crippen molar-refractivity contribution in [2.75, 3.05) is 11.6 Å². The van der Waals surface area contributed by atoms with E-state index < -0.39 is 0 Å². The Labute approximate surface area is 178 Å². The summed E-state index contributed by atoms with van der Waals surface area (Å²) in [4.78, 5) is 12.8. The number of carbonyl (C=O) groups is 1. The van der Waals surface area contributed by atoms with Crippen LogP contribution in [-0.2, 0) is 0 Å². The van der Waals surface area contributed by atoms with Crippen LogP contribution in [0, 0.1) is 6.92 Å². The number of hydrogen-bond donors (Lipinski definition) is 1. The summed E-state index contributed by atoms with van der Waals surface area (Å²) in [6, 6.07) is 14.9. The minimum absolute atomic E-state index is 0.252. The minimum Gasteiger partial charge on any atom is -0.320 e. The molecular weight excluding hydrogens is 456 g/mol. The number of benzene rings is 2. The van der Waals surface area contributed by atoms with Crippen LogP contribution in [0.2, 0.25) is 0 Å². The van der Waals surface area contributed by atoms with Crippen molar-refractivity contribution in [1.82, 2.24) is 35.2 Å². The van der Waals surface area contributed by atoms with Crippen molar-refractivity contribution in [2.45, 2.75) is 12.1 Å². The second-order valence-electron chi connectivity index (χ2n) is 6.00. The Morgan fingerprint density at radius 2 is 1.79 bits per heavy atom. The number of nitrogens with zero attached hydrogens (tertiary/aromatic N) is 7. The molecule has 0 saturated heterocycles. The highest BCUT2D eigenvalue weighted by Crippen LogP contribution is 2.20. The van der Waals surface area contributed by atoms with Crippen LogP contribution in [0.4, 0.5) is 5.69 Å². The van der Waals surface area contributed by atoms with E-state index in [-0.39, 0.29) is 11.6 Å². The Hall–Kier alpha value is -3.05. The number of rotatable bonds is 5. The fourth-order valence-electron chi connectivity index (χ4n) is 2.77. The zero-order valence-electron chi connectivity index (χ0n) is 15.4. The molecule has 0 radical (unpaired) electrons. The first-order valence-corrected chi connectivity index (χ1v) is 10.5. The van der Waals surface area contributed by atoms with E-state index in [9.17, 15) is 4.79 Å². The molecular formula is C18H15BrN8OS. The van der Waals surface area contributed by atoms with Gasteiger partial charge in [0, 0.05) is 10.2 Å². The number of halogens is 1. The standard InChI is InChI=1S/C18H15BrN8OS/c1-11-16(21-24-26(11)14-7-3-5-12(19)9-14)17(28)20-13-6-4-8-15(10-13)27-18(29-2)22-23-25-27/h3-10H,1-2H3,(H,20,28). The van der Waals surface area contributed by atoms with E-state index in [0.717, 1.165) is 15.8 Å². The van der Waals surface area contributed by atoms with E-state index in [4.69, 9.17) is 0 Å². The predicted molar refractivity (Wildman–Crippen MR) is 113 cm³/mol. The first-order valence-electron chi connectivity index (χ1n) is 8.49. The zero-order chi connectivity index (χ0) is 20.4. The monoisotopic (exact) mass is 470 g/mol. The Morgan fingerprint density at radius 1 is 1.03 bits per heavy atom. The third-order valence-electron chi connectivity index (χ3n) is 4.13. The zero-order valence-corrected chi connectivity index (χ0v) is 17.8. The van der Waals surface area contributed by atoms with Crippen molar-refractivity contribution in [3.8, 4) is 11.4 Å². The first kappa shape index (κ1) is 19.3. The lowest BCUT2D eigenvalue weighted by molar-refractivity contribution is 0.102. The van der Waals surface area contributed by atoms with Gasteiger partial charge in [-0.25, -0.2) is 4.68 Å². The summed E-state index contributed by atoms with van der Waals surface area (Å²) < 4.78 is 4.15. The molecule has 1 N–H and O–H groups in total. The van der Waals surface area contributed by atoms with Crippen LogP contribution in [0.5, 0.6) is 0 Å². The van der Waals surface area contributed by atoms with Crippen LogP contribution < -0.4 is 5.32 Å². The third kappa shape index (κ3) is 3.91. The fraction of sp³-hybridized carbons (Fsp3) is 0.111. The highest BCUT2D eigenvalue weighted by atomic mass is 79.9. The van der Waals surface area contributed by atoms with Gasteiger partial charge in [0.1, 0.15) is 0 Å². The lowest BCUT2D eigenvalue weighted by Gasteiger charge is -2.08. The van der Waals surface area contributed by atoms with Crippen molar-refractivity contribution >= 4 is 39.3 Å². The van der Waals surface area contributed by atoms with E-state index in [1.54, 1.807) is 28.4 Å². The molecule has 146 valence electrons. The lowest BCUT2D eigenvalue weighted by atomic mass is 10.2. The van der Waals surface area contributed by atoms with Crippen molar-refractivity contribution < 1.29 is 4.79 Å². The molecule has 2 aromatic heterocycles. The SMILES string of the molecule is CSc1nnnn1-c1cccc(NC(=O)c2nnn(-c3cccc(Br)c3)c2C)c1. The topological polar surface area (TPSA) is 103 Å². The number of thioether (sulfide) groups is 1. The predicted octanol–water partition coefficient (Wildman–Crippen LogP) is 3.29. The van der Waals surface area contributed by atoms with Crippen LogP contribution in [-0.4, -0.2) is 47.4 Å². The summed E-state index contributed by atoms with van der Waals surface area (Å²) in [7, 11) is 0. The molecule has 0 fully saturated rings. The molecule has 29 heavy (non-hydrogen) atoms. The molecule has 0 aliphatic heterocycles. The first-order chi connectivity index (χ1) is 14.1. The Morgan fingerprint density at radius 3 is 2.55 bits per heavy atom. The van der Waals surface area contributed by atoms with Gasteiger partial charge in [0.25, 0.3) is 5.91 Å². The highest BCUT2D eigenvalue weighted by molar-refractivity contribution is 9.10. The molecule has 0 bridgehead atoms. The van der Waals surface area contributed by atoms with Crippen molar-refractivity contribution in [2.24, 2.45) is 0 Å². The van der Waals surface area contributed by atoms with Gasteiger partial charge in [-0.05, 0) is 60.0 Å². The van der Waals surface area contributed by atoms with Crippen LogP contribution in [0.3, 0.4) is 0 Å². The van der Waals surface area contributed by atoms with Crippen molar-refractivity contribution in [3.05, 3.63) is 64.4 Å². The van der Waals surface area contributed by atoms with Gasteiger partial charge in [0.2, 0.25) is 5.16 Å². The van der Waals surface area contributed by atoms with Gasteiger partial charge in [-0.3, -0.25) is 4.79 Å². The molecule has 0 aliphatic rings. The number of nitrogens with one attached hydrogen (secondary N) is 1. The minimum atomic E-state index is -0.345. The number of carbonyl (C=O) groups excluding carboxylic acids is 1. The molecule has 11 heteroatoms. The summed E-state index contributed by atoms with van der Waals surface area (Å²) >= 11 is 4.87. The lowest BCUT2D eigenvalue weighted by Crippen LogP contribution is -2.14. The molecule has 4 rings (SSSR count). The molecule has 4 aromatic rings. The Kier molecular flexibility index (Phi) is 5.41. The third-order valence-corrected chi connectivity index (χ3v) is 5.25. The molecule has 0 aliphatic carbocycles. The average molecular weight is 471 g/mol. The number of hydrogen-bond acceptors (Lipinski definition) is 7. The van der Waals surface area contributed by atoms with E-state index in [1.807, 2.05) is 42.7 Å². The second-order valence-corrected chi connectivity index (χ2v) is 7.69. The fourth-order valence-corrected chi connectivity index (χ4v) is 3.59. The maximum absolute atomic E-state index is 12.8. The summed E-state index contributed by atoms with van der Waals surface area (Å²) in [6.45, 7) is 1.80. The summed E-state index contributed by atoms with van der Waals surface area (Å²) in [5.74, 6) is -0.345. The van der Waals surface area contributed by atoms with E-state index >= 15 is 0 Å². The van der Waals surface area contributed by atoms with Gasteiger partial charge in [0.05, 0.1) is 17.1 Å². The second kappa shape index (κ2) is 8.13. The molecule has 0 saturated carbocycles. The Bertz CT molecular complexity index is 1190. The molecule has 0 unspecified atom stereocenters. The van der Waals surface area contributed by atoms with Gasteiger partial charge >= 0.3 is 0 Å². The van der Waals surface area contributed by atoms with Crippen molar-refractivity contribution in [1.29, 1.82) is 0 Å². The average Bonchev–Trinajstić information content (AvgIpc) is 3.34. The Balaban J connectivity index is 1.59. The molecule has 1 amide bonds. The summed E-state index contributed by atoms with van der Waals surface area (Å²) in [5, 5.41) is 23.3. The quantitative estimate of drug-likeness (QED) is 0.446. The van der Waals surface area contributed by atoms with Gasteiger partial charge in [0.15, 0.2) is 5.69 Å². The molecule has 9 nitrogen and oxygen atoms in total. The van der Waals surface area contributed by atoms with Gasteiger partial charge in [-0.2, -0.15) is 4.68 Å². The maximum atomic E-state index is 12.8. The summed E-state index contributed by atoms with van der Waals surface area (Å²) in [5.41, 5.74) is 3.05. The number of aromatic nitrogens is 7. The number of anilines is 1. The largest absolute Gasteiger partial charge is 0.320 e. The summed E-state index contributed by atoms with van der Waals surface area (Å²) in [6.07, 6.45) is 1.89. The highest BCUT2D eigenvalue weighted by Gasteiger charge is 2.18. The van der Waals surface area contributed by atoms with Gasteiger partial charge in [-0.1, -0.05) is 45.0 Å². The molecule has 2 heterocycles. The van der Waals surface area contributed by atoms with Gasteiger partial charge in [-0.15, -0.1) is 10.2 Å². The van der Waals surface area contributed by atoms with Crippen LogP contribution in [0.25, 0.3) is 11.4 Å². The van der Waals surface area contributed by atoms with Crippen LogP contribution in [0.1, 0.15) is 16.2 Å². The number of amides is 1. The molecule has 0 spiro atoms. The van der Waals surface area contributed by atoms with Crippen molar-refractivity contribution in [3.63, 3.8) is 0 Å². The smallest absolute Gasteiger partial charge is 0.278 e.